The molecule has 0 spiro atoms. The lowest BCUT2D eigenvalue weighted by Crippen LogP contribution is -2.22. The van der Waals surface area contributed by atoms with Crippen molar-refractivity contribution in [1.82, 2.24) is 10.1 Å². The van der Waals surface area contributed by atoms with Crippen molar-refractivity contribution in [3.63, 3.8) is 0 Å². The second-order valence-corrected chi connectivity index (χ2v) is 7.04. The molecule has 0 unspecified atom stereocenters. The van der Waals surface area contributed by atoms with E-state index in [2.05, 4.69) is 22.4 Å². The van der Waals surface area contributed by atoms with Crippen LogP contribution in [0.4, 0.5) is 18.9 Å². The first-order chi connectivity index (χ1) is 14.8. The number of carbonyl (C=O) groups excluding carboxylic acids is 1. The fourth-order valence-electron chi connectivity index (χ4n) is 2.71. The number of benzene rings is 2. The van der Waals surface area contributed by atoms with Gasteiger partial charge in [0, 0.05) is 12.0 Å². The number of anilines is 1. The molecule has 0 radical (unpaired) electrons. The quantitative estimate of drug-likeness (QED) is 0.468. The molecular formula is C21H19ClF3N3O3. The number of amides is 1. The number of carbonyl (C=O) groups is 1. The number of aromatic nitrogens is 2. The van der Waals surface area contributed by atoms with Gasteiger partial charge in [0.05, 0.1) is 16.3 Å². The Morgan fingerprint density at radius 3 is 2.61 bits per heavy atom. The van der Waals surface area contributed by atoms with Gasteiger partial charge in [0.25, 0.3) is 5.91 Å². The second kappa shape index (κ2) is 9.82. The van der Waals surface area contributed by atoms with Crippen LogP contribution in [0.3, 0.4) is 0 Å². The maximum absolute atomic E-state index is 13.1. The van der Waals surface area contributed by atoms with Gasteiger partial charge in [-0.15, -0.1) is 0 Å². The van der Waals surface area contributed by atoms with Gasteiger partial charge in [-0.3, -0.25) is 4.79 Å². The highest BCUT2D eigenvalue weighted by molar-refractivity contribution is 6.34. The largest absolute Gasteiger partial charge is 0.484 e. The minimum Gasteiger partial charge on any atom is -0.484 e. The van der Waals surface area contributed by atoms with Crippen LogP contribution in [0.2, 0.25) is 5.02 Å². The number of halogens is 4. The Labute approximate surface area is 181 Å². The summed E-state index contributed by atoms with van der Waals surface area (Å²) < 4.78 is 49.9. The van der Waals surface area contributed by atoms with Crippen LogP contribution >= 0.6 is 11.6 Å². The Bertz CT molecular complexity index is 1040. The molecule has 1 aromatic heterocycles. The molecule has 1 amide bonds. The molecule has 164 valence electrons. The summed E-state index contributed by atoms with van der Waals surface area (Å²) in [5, 5.41) is 5.88. The number of aryl methyl sites for hydroxylation is 1. The molecule has 1 N–H and O–H groups in total. The average Bonchev–Trinajstić information content (AvgIpc) is 3.21. The predicted octanol–water partition coefficient (Wildman–Crippen LogP) is 5.77. The van der Waals surface area contributed by atoms with Crippen molar-refractivity contribution in [2.24, 2.45) is 0 Å². The molecule has 0 bridgehead atoms. The summed E-state index contributed by atoms with van der Waals surface area (Å²) in [7, 11) is 0. The van der Waals surface area contributed by atoms with Crippen molar-refractivity contribution in [3.05, 3.63) is 58.9 Å². The zero-order chi connectivity index (χ0) is 22.4. The fraction of sp³-hybridized carbons (Fsp3) is 0.286. The van der Waals surface area contributed by atoms with Crippen LogP contribution in [0.25, 0.3) is 11.4 Å². The Kier molecular flexibility index (Phi) is 7.17. The molecule has 3 aromatic rings. The fourth-order valence-corrected chi connectivity index (χ4v) is 2.94. The van der Waals surface area contributed by atoms with E-state index in [0.29, 0.717) is 29.4 Å². The Morgan fingerprint density at radius 2 is 1.94 bits per heavy atom. The molecule has 0 atom stereocenters. The van der Waals surface area contributed by atoms with Crippen LogP contribution < -0.4 is 10.1 Å². The third-order valence-electron chi connectivity index (χ3n) is 4.28. The molecule has 0 aliphatic rings. The lowest BCUT2D eigenvalue weighted by molar-refractivity contribution is -0.137. The lowest BCUT2D eigenvalue weighted by atomic mass is 10.1. The summed E-state index contributed by atoms with van der Waals surface area (Å²) in [6.07, 6.45) is -1.97. The van der Waals surface area contributed by atoms with Crippen molar-refractivity contribution in [2.45, 2.75) is 32.4 Å². The van der Waals surface area contributed by atoms with E-state index in [-0.39, 0.29) is 5.02 Å². The number of unbranched alkanes of at least 4 members (excludes halogenated alkanes) is 1. The number of nitrogens with one attached hydrogen (secondary N) is 1. The van der Waals surface area contributed by atoms with Crippen LogP contribution in [-0.2, 0) is 17.4 Å². The summed E-state index contributed by atoms with van der Waals surface area (Å²) in [6.45, 7) is 1.57. The standard InChI is InChI=1S/C21H19ClF3N3O3/c1-2-3-7-18-27-20(28-31-18)13-8-10-14(11-9-13)30-12-17(29)26-19-15(21(23,24)25)5-4-6-16(19)22/h4-6,8-11H,2-3,7,12H2,1H3,(H,26,29). The molecule has 0 aliphatic carbocycles. The highest BCUT2D eigenvalue weighted by Crippen LogP contribution is 2.38. The molecule has 10 heteroatoms. The van der Waals surface area contributed by atoms with Crippen LogP contribution in [0.1, 0.15) is 31.2 Å². The van der Waals surface area contributed by atoms with Gasteiger partial charge in [0.15, 0.2) is 6.61 Å². The van der Waals surface area contributed by atoms with Crippen molar-refractivity contribution in [3.8, 4) is 17.1 Å². The van der Waals surface area contributed by atoms with Crippen LogP contribution in [-0.4, -0.2) is 22.7 Å². The third kappa shape index (κ3) is 5.97. The van der Waals surface area contributed by atoms with Crippen molar-refractivity contribution < 1.29 is 27.2 Å². The van der Waals surface area contributed by atoms with Gasteiger partial charge in [-0.1, -0.05) is 36.2 Å². The van der Waals surface area contributed by atoms with E-state index in [1.54, 1.807) is 24.3 Å². The number of ether oxygens (including phenoxy) is 1. The zero-order valence-electron chi connectivity index (χ0n) is 16.5. The maximum atomic E-state index is 13.1. The summed E-state index contributed by atoms with van der Waals surface area (Å²) in [5.41, 5.74) is -0.832. The summed E-state index contributed by atoms with van der Waals surface area (Å²) in [5.74, 6) is 0.575. The first-order valence-electron chi connectivity index (χ1n) is 9.49. The average molecular weight is 454 g/mol. The smallest absolute Gasteiger partial charge is 0.418 e. The SMILES string of the molecule is CCCCc1nc(-c2ccc(OCC(=O)Nc3c(Cl)cccc3C(F)(F)F)cc2)no1. The van der Waals surface area contributed by atoms with Crippen molar-refractivity contribution in [2.75, 3.05) is 11.9 Å². The van der Waals surface area contributed by atoms with E-state index < -0.39 is 29.9 Å². The topological polar surface area (TPSA) is 77.2 Å². The van der Waals surface area contributed by atoms with Gasteiger partial charge in [-0.2, -0.15) is 18.2 Å². The number of rotatable bonds is 8. The maximum Gasteiger partial charge on any atom is 0.418 e. The summed E-state index contributed by atoms with van der Waals surface area (Å²) in [4.78, 5) is 16.4. The predicted molar refractivity (Wildman–Crippen MR) is 109 cm³/mol. The number of para-hydroxylation sites is 1. The van der Waals surface area contributed by atoms with E-state index >= 15 is 0 Å². The van der Waals surface area contributed by atoms with Gasteiger partial charge in [0.2, 0.25) is 11.7 Å². The molecule has 0 fully saturated rings. The van der Waals surface area contributed by atoms with Crippen LogP contribution in [0.15, 0.2) is 47.0 Å². The Balaban J connectivity index is 1.60. The monoisotopic (exact) mass is 453 g/mol. The van der Waals surface area contributed by atoms with Crippen molar-refractivity contribution in [1.29, 1.82) is 0 Å². The van der Waals surface area contributed by atoms with Crippen LogP contribution in [0.5, 0.6) is 5.75 Å². The molecule has 2 aromatic carbocycles. The number of hydrogen-bond donors (Lipinski definition) is 1. The van der Waals surface area contributed by atoms with Gasteiger partial charge in [-0.25, -0.2) is 0 Å². The minimum absolute atomic E-state index is 0.217. The Hall–Kier alpha value is -3.07. The minimum atomic E-state index is -4.66. The molecule has 0 saturated heterocycles. The zero-order valence-corrected chi connectivity index (χ0v) is 17.3. The highest BCUT2D eigenvalue weighted by atomic mass is 35.5. The van der Waals surface area contributed by atoms with E-state index in [4.69, 9.17) is 20.9 Å². The van der Waals surface area contributed by atoms with E-state index in [1.165, 1.54) is 6.07 Å². The first kappa shape index (κ1) is 22.6. The number of hydrogen-bond acceptors (Lipinski definition) is 5. The summed E-state index contributed by atoms with van der Waals surface area (Å²) in [6, 6.07) is 9.84. The molecule has 31 heavy (non-hydrogen) atoms. The van der Waals surface area contributed by atoms with E-state index in [1.807, 2.05) is 0 Å². The van der Waals surface area contributed by atoms with E-state index in [9.17, 15) is 18.0 Å². The molecular weight excluding hydrogens is 435 g/mol. The molecule has 6 nitrogen and oxygen atoms in total. The lowest BCUT2D eigenvalue weighted by Gasteiger charge is -2.15. The van der Waals surface area contributed by atoms with Gasteiger partial charge >= 0.3 is 6.18 Å². The van der Waals surface area contributed by atoms with Crippen LogP contribution in [0, 0.1) is 0 Å². The first-order valence-corrected chi connectivity index (χ1v) is 9.87. The normalized spacial score (nSPS) is 11.4. The number of nitrogens with zero attached hydrogens (tertiary/aromatic N) is 2. The summed E-state index contributed by atoms with van der Waals surface area (Å²) >= 11 is 5.83. The third-order valence-corrected chi connectivity index (χ3v) is 4.59. The van der Waals surface area contributed by atoms with Gasteiger partial charge in [0.1, 0.15) is 5.75 Å². The molecule has 3 rings (SSSR count). The Morgan fingerprint density at radius 1 is 1.19 bits per heavy atom. The van der Waals surface area contributed by atoms with Gasteiger partial charge in [-0.05, 0) is 42.8 Å². The molecule has 0 aliphatic heterocycles. The second-order valence-electron chi connectivity index (χ2n) is 6.64. The van der Waals surface area contributed by atoms with Gasteiger partial charge < -0.3 is 14.6 Å². The number of alkyl halides is 3. The highest BCUT2D eigenvalue weighted by Gasteiger charge is 2.34. The van der Waals surface area contributed by atoms with Crippen molar-refractivity contribution >= 4 is 23.2 Å². The molecule has 1 heterocycles. The molecule has 0 saturated carbocycles. The van der Waals surface area contributed by atoms with E-state index in [0.717, 1.165) is 25.0 Å².